The Morgan fingerprint density at radius 3 is 2.54 bits per heavy atom. The van der Waals surface area contributed by atoms with Crippen LogP contribution in [0.25, 0.3) is 22.8 Å². The number of aryl methyl sites for hydroxylation is 1. The van der Waals surface area contributed by atoms with E-state index in [1.54, 1.807) is 6.07 Å². The minimum absolute atomic E-state index is 0.0306. The van der Waals surface area contributed by atoms with E-state index in [0.717, 1.165) is 80.3 Å². The van der Waals surface area contributed by atoms with Crippen LogP contribution in [0.4, 0.5) is 10.1 Å². The lowest BCUT2D eigenvalue weighted by atomic mass is 9.94. The van der Waals surface area contributed by atoms with E-state index in [1.807, 2.05) is 49.1 Å². The molecule has 6 rings (SSSR count). The Bertz CT molecular complexity index is 1460. The number of fused-ring (bicyclic) bond motifs is 1. The molecule has 3 aromatic rings. The lowest BCUT2D eigenvalue weighted by molar-refractivity contribution is -0.110. The molecule has 2 saturated heterocycles. The SMILES string of the molecule is Cc1[nH]c(C=C2C(=O)Nc3cccc(-c4cccc(F)c4)c32)c(C)c1C(=O)N1CCC(N2CCOCC2)CC1. The van der Waals surface area contributed by atoms with Crippen LogP contribution in [-0.4, -0.2) is 72.0 Å². The second kappa shape index (κ2) is 10.4. The number of morpholine rings is 1. The smallest absolute Gasteiger partial charge is 0.256 e. The fourth-order valence-corrected chi connectivity index (χ4v) is 6.20. The van der Waals surface area contributed by atoms with Gasteiger partial charge in [-0.25, -0.2) is 4.39 Å². The van der Waals surface area contributed by atoms with E-state index >= 15 is 0 Å². The topological polar surface area (TPSA) is 77.7 Å². The van der Waals surface area contributed by atoms with Crippen molar-refractivity contribution in [3.63, 3.8) is 0 Å². The number of ether oxygens (including phenoxy) is 1. The predicted molar refractivity (Wildman–Crippen MR) is 150 cm³/mol. The van der Waals surface area contributed by atoms with Crippen LogP contribution in [0.15, 0.2) is 42.5 Å². The molecule has 4 heterocycles. The lowest BCUT2D eigenvalue weighted by Gasteiger charge is -2.40. The molecule has 2 fully saturated rings. The summed E-state index contributed by atoms with van der Waals surface area (Å²) in [4.78, 5) is 34.5. The van der Waals surface area contributed by atoms with Crippen molar-refractivity contribution < 1.29 is 18.7 Å². The number of nitrogens with zero attached hydrogens (tertiary/aromatic N) is 2. The van der Waals surface area contributed by atoms with Crippen LogP contribution in [0.3, 0.4) is 0 Å². The summed E-state index contributed by atoms with van der Waals surface area (Å²) < 4.78 is 19.5. The summed E-state index contributed by atoms with van der Waals surface area (Å²) in [6.07, 6.45) is 3.74. The molecular weight excluding hydrogens is 495 g/mol. The summed E-state index contributed by atoms with van der Waals surface area (Å²) in [6, 6.07) is 12.5. The second-order valence-electron chi connectivity index (χ2n) is 10.6. The highest BCUT2D eigenvalue weighted by Gasteiger charge is 2.31. The maximum absolute atomic E-state index is 14.0. The molecule has 0 bridgehead atoms. The number of carbonyl (C=O) groups is 2. The molecule has 0 aliphatic carbocycles. The van der Waals surface area contributed by atoms with Crippen molar-refractivity contribution in [2.45, 2.75) is 32.7 Å². The highest BCUT2D eigenvalue weighted by atomic mass is 19.1. The number of amides is 2. The molecular formula is C31H33FN4O3. The van der Waals surface area contributed by atoms with Crippen molar-refractivity contribution in [2.24, 2.45) is 0 Å². The van der Waals surface area contributed by atoms with Crippen LogP contribution in [0, 0.1) is 19.7 Å². The zero-order valence-corrected chi connectivity index (χ0v) is 22.4. The van der Waals surface area contributed by atoms with E-state index in [2.05, 4.69) is 15.2 Å². The third kappa shape index (κ3) is 4.79. The van der Waals surface area contributed by atoms with Crippen molar-refractivity contribution >= 4 is 29.2 Å². The largest absolute Gasteiger partial charge is 0.379 e. The molecule has 0 radical (unpaired) electrons. The van der Waals surface area contributed by atoms with E-state index < -0.39 is 0 Å². The molecule has 0 saturated carbocycles. The number of hydrogen-bond acceptors (Lipinski definition) is 4. The molecule has 39 heavy (non-hydrogen) atoms. The number of aromatic amines is 1. The van der Waals surface area contributed by atoms with Crippen molar-refractivity contribution in [2.75, 3.05) is 44.7 Å². The van der Waals surface area contributed by atoms with Crippen LogP contribution in [0.5, 0.6) is 0 Å². The Morgan fingerprint density at radius 2 is 1.79 bits per heavy atom. The molecule has 3 aliphatic rings. The van der Waals surface area contributed by atoms with Crippen LogP contribution in [-0.2, 0) is 9.53 Å². The first-order valence-corrected chi connectivity index (χ1v) is 13.6. The highest BCUT2D eigenvalue weighted by Crippen LogP contribution is 2.41. The van der Waals surface area contributed by atoms with Gasteiger partial charge in [0.1, 0.15) is 5.82 Å². The average molecular weight is 529 g/mol. The number of piperidine rings is 1. The first kappa shape index (κ1) is 25.5. The van der Waals surface area contributed by atoms with Crippen molar-refractivity contribution in [1.82, 2.24) is 14.8 Å². The number of likely N-dealkylation sites (tertiary alicyclic amines) is 1. The number of anilines is 1. The first-order valence-electron chi connectivity index (χ1n) is 13.6. The third-order valence-corrected chi connectivity index (χ3v) is 8.25. The molecule has 202 valence electrons. The molecule has 2 N–H and O–H groups in total. The number of halogens is 1. The normalized spacial score (nSPS) is 19.4. The maximum Gasteiger partial charge on any atom is 0.256 e. The molecule has 2 amide bonds. The highest BCUT2D eigenvalue weighted by molar-refractivity contribution is 6.36. The van der Waals surface area contributed by atoms with Crippen LogP contribution < -0.4 is 5.32 Å². The van der Waals surface area contributed by atoms with Gasteiger partial charge in [-0.3, -0.25) is 14.5 Å². The minimum Gasteiger partial charge on any atom is -0.379 e. The van der Waals surface area contributed by atoms with Gasteiger partial charge in [0, 0.05) is 54.9 Å². The molecule has 0 atom stereocenters. The summed E-state index contributed by atoms with van der Waals surface area (Å²) in [5, 5.41) is 2.94. The van der Waals surface area contributed by atoms with E-state index in [-0.39, 0.29) is 17.6 Å². The van der Waals surface area contributed by atoms with Gasteiger partial charge in [-0.2, -0.15) is 0 Å². The van der Waals surface area contributed by atoms with E-state index in [0.29, 0.717) is 28.4 Å². The predicted octanol–water partition coefficient (Wildman–Crippen LogP) is 4.87. The van der Waals surface area contributed by atoms with Gasteiger partial charge in [0.15, 0.2) is 0 Å². The summed E-state index contributed by atoms with van der Waals surface area (Å²) in [6.45, 7) is 8.78. The zero-order chi connectivity index (χ0) is 27.1. The average Bonchev–Trinajstić information content (AvgIpc) is 3.42. The summed E-state index contributed by atoms with van der Waals surface area (Å²) in [7, 11) is 0. The van der Waals surface area contributed by atoms with Crippen molar-refractivity contribution in [3.05, 3.63) is 76.4 Å². The number of nitrogens with one attached hydrogen (secondary N) is 2. The zero-order valence-electron chi connectivity index (χ0n) is 22.4. The summed E-state index contributed by atoms with van der Waals surface area (Å²) in [5.41, 5.74) is 6.39. The lowest BCUT2D eigenvalue weighted by Crippen LogP contribution is -2.50. The Balaban J connectivity index is 1.27. The Labute approximate surface area is 227 Å². The van der Waals surface area contributed by atoms with Crippen LogP contribution in [0.1, 0.15) is 45.7 Å². The molecule has 3 aliphatic heterocycles. The van der Waals surface area contributed by atoms with Gasteiger partial charge in [0.2, 0.25) is 0 Å². The first-order chi connectivity index (χ1) is 18.9. The van der Waals surface area contributed by atoms with Gasteiger partial charge in [0.05, 0.1) is 24.4 Å². The number of hydrogen-bond donors (Lipinski definition) is 2. The van der Waals surface area contributed by atoms with Crippen LogP contribution in [0.2, 0.25) is 0 Å². The van der Waals surface area contributed by atoms with E-state index in [9.17, 15) is 14.0 Å². The Hall–Kier alpha value is -3.75. The van der Waals surface area contributed by atoms with Crippen molar-refractivity contribution in [1.29, 1.82) is 0 Å². The molecule has 8 heteroatoms. The maximum atomic E-state index is 14.0. The number of carbonyl (C=O) groups excluding carboxylic acids is 2. The molecule has 7 nitrogen and oxygen atoms in total. The van der Waals surface area contributed by atoms with Gasteiger partial charge in [0.25, 0.3) is 11.8 Å². The monoisotopic (exact) mass is 528 g/mol. The van der Waals surface area contributed by atoms with Crippen molar-refractivity contribution in [3.8, 4) is 11.1 Å². The number of benzene rings is 2. The summed E-state index contributed by atoms with van der Waals surface area (Å²) in [5.74, 6) is -0.525. The molecule has 1 aromatic heterocycles. The van der Waals surface area contributed by atoms with Gasteiger partial charge in [-0.05, 0) is 67.7 Å². The van der Waals surface area contributed by atoms with Gasteiger partial charge in [-0.15, -0.1) is 0 Å². The van der Waals surface area contributed by atoms with Gasteiger partial charge in [-0.1, -0.05) is 24.3 Å². The molecule has 2 aromatic carbocycles. The molecule has 0 unspecified atom stereocenters. The van der Waals surface area contributed by atoms with Gasteiger partial charge >= 0.3 is 0 Å². The Morgan fingerprint density at radius 1 is 1.05 bits per heavy atom. The minimum atomic E-state index is -0.333. The Kier molecular flexibility index (Phi) is 6.83. The quantitative estimate of drug-likeness (QED) is 0.474. The fourth-order valence-electron chi connectivity index (χ4n) is 6.20. The number of H-pyrrole nitrogens is 1. The van der Waals surface area contributed by atoms with E-state index in [1.165, 1.54) is 12.1 Å². The number of aromatic nitrogens is 1. The van der Waals surface area contributed by atoms with E-state index in [4.69, 9.17) is 4.74 Å². The molecule has 0 spiro atoms. The van der Waals surface area contributed by atoms with Gasteiger partial charge < -0.3 is 19.9 Å². The fraction of sp³-hybridized carbons (Fsp3) is 0.355. The summed E-state index contributed by atoms with van der Waals surface area (Å²) >= 11 is 0. The standard InChI is InChI=1S/C31H33FN4O3/c1-19-27(18-25-29-24(21-5-3-6-22(32)17-21)7-4-8-26(29)34-30(25)37)33-20(2)28(19)31(38)36-11-9-23(10-12-36)35-13-15-39-16-14-35/h3-8,17-18,23,33H,9-16H2,1-2H3,(H,34,37). The number of rotatable bonds is 4. The third-order valence-electron chi connectivity index (χ3n) is 8.25. The van der Waals surface area contributed by atoms with Crippen LogP contribution >= 0.6 is 0 Å². The second-order valence-corrected chi connectivity index (χ2v) is 10.6.